The predicted octanol–water partition coefficient (Wildman–Crippen LogP) is 4.16. The Balaban J connectivity index is 2.52. The summed E-state index contributed by atoms with van der Waals surface area (Å²) in [4.78, 5) is 0. The number of nitrogens with zero attached hydrogens (tertiary/aromatic N) is 2. The van der Waals surface area contributed by atoms with Crippen molar-refractivity contribution in [2.45, 2.75) is 26.4 Å². The molecule has 0 radical (unpaired) electrons. The van der Waals surface area contributed by atoms with Crippen molar-refractivity contribution in [3.05, 3.63) is 51.0 Å². The minimum atomic E-state index is -0.282. The first-order chi connectivity index (χ1) is 9.56. The van der Waals surface area contributed by atoms with E-state index in [1.165, 1.54) is 12.1 Å². The summed E-state index contributed by atoms with van der Waals surface area (Å²) >= 11 is 9.58. The summed E-state index contributed by atoms with van der Waals surface area (Å²) in [6.45, 7) is 5.45. The molecule has 0 aliphatic carbocycles. The minimum absolute atomic E-state index is 0.193. The molecule has 0 amide bonds. The van der Waals surface area contributed by atoms with Gasteiger partial charge in [0.1, 0.15) is 5.82 Å². The zero-order chi connectivity index (χ0) is 14.7. The molecule has 0 spiro atoms. The van der Waals surface area contributed by atoms with Gasteiger partial charge in [-0.05, 0) is 37.2 Å². The fourth-order valence-corrected chi connectivity index (χ4v) is 2.96. The standard InChI is InChI=1S/C14H16BrClFN3/c1-3-18-13(9-5-10(15)7-11(17)6-9)14-12(16)8-19-20(14)4-2/h5-8,13,18H,3-4H2,1-2H3. The van der Waals surface area contributed by atoms with E-state index in [1.54, 1.807) is 6.20 Å². The van der Waals surface area contributed by atoms with E-state index in [1.807, 2.05) is 24.6 Å². The van der Waals surface area contributed by atoms with E-state index in [-0.39, 0.29) is 11.9 Å². The van der Waals surface area contributed by atoms with Crippen LogP contribution in [0.25, 0.3) is 0 Å². The Morgan fingerprint density at radius 1 is 1.40 bits per heavy atom. The van der Waals surface area contributed by atoms with Gasteiger partial charge in [-0.3, -0.25) is 4.68 Å². The van der Waals surface area contributed by atoms with Crippen LogP contribution in [0.2, 0.25) is 5.02 Å². The number of halogens is 3. The number of rotatable bonds is 5. The first kappa shape index (κ1) is 15.5. The first-order valence-electron chi connectivity index (χ1n) is 6.47. The van der Waals surface area contributed by atoms with Crippen molar-refractivity contribution in [2.24, 2.45) is 0 Å². The van der Waals surface area contributed by atoms with Crippen LogP contribution in [0.5, 0.6) is 0 Å². The summed E-state index contributed by atoms with van der Waals surface area (Å²) in [5.41, 5.74) is 1.67. The van der Waals surface area contributed by atoms with Gasteiger partial charge in [0.25, 0.3) is 0 Å². The second-order valence-corrected chi connectivity index (χ2v) is 5.71. The predicted molar refractivity (Wildman–Crippen MR) is 82.5 cm³/mol. The molecule has 0 saturated heterocycles. The van der Waals surface area contributed by atoms with E-state index >= 15 is 0 Å². The first-order valence-corrected chi connectivity index (χ1v) is 7.64. The summed E-state index contributed by atoms with van der Waals surface area (Å²) in [5.74, 6) is -0.282. The molecule has 0 aliphatic rings. The van der Waals surface area contributed by atoms with Gasteiger partial charge >= 0.3 is 0 Å². The molecule has 1 aromatic carbocycles. The van der Waals surface area contributed by atoms with Gasteiger partial charge in [0.15, 0.2) is 0 Å². The van der Waals surface area contributed by atoms with Crippen LogP contribution in [0.3, 0.4) is 0 Å². The Morgan fingerprint density at radius 3 is 2.75 bits per heavy atom. The fraction of sp³-hybridized carbons (Fsp3) is 0.357. The van der Waals surface area contributed by atoms with E-state index < -0.39 is 0 Å². The molecule has 1 heterocycles. The number of hydrogen-bond acceptors (Lipinski definition) is 2. The number of aromatic nitrogens is 2. The maximum absolute atomic E-state index is 13.6. The van der Waals surface area contributed by atoms with E-state index in [2.05, 4.69) is 26.3 Å². The Bertz CT molecular complexity index is 580. The van der Waals surface area contributed by atoms with Gasteiger partial charge in [-0.1, -0.05) is 34.5 Å². The van der Waals surface area contributed by atoms with E-state index in [9.17, 15) is 4.39 Å². The molecule has 20 heavy (non-hydrogen) atoms. The molecular formula is C14H16BrClFN3. The Kier molecular flexibility index (Phi) is 5.18. The molecule has 3 nitrogen and oxygen atoms in total. The summed E-state index contributed by atoms with van der Waals surface area (Å²) in [7, 11) is 0. The molecule has 1 atom stereocenters. The molecule has 0 saturated carbocycles. The lowest BCUT2D eigenvalue weighted by Crippen LogP contribution is -2.25. The van der Waals surface area contributed by atoms with E-state index in [4.69, 9.17) is 11.6 Å². The van der Waals surface area contributed by atoms with Crippen molar-refractivity contribution in [3.63, 3.8) is 0 Å². The molecule has 2 rings (SSSR count). The zero-order valence-electron chi connectivity index (χ0n) is 11.3. The third-order valence-corrected chi connectivity index (χ3v) is 3.78. The van der Waals surface area contributed by atoms with Gasteiger partial charge in [-0.15, -0.1) is 0 Å². The molecule has 1 unspecified atom stereocenters. The molecule has 2 aromatic rings. The summed E-state index contributed by atoms with van der Waals surface area (Å²) < 4.78 is 16.2. The minimum Gasteiger partial charge on any atom is -0.305 e. The van der Waals surface area contributed by atoms with Gasteiger partial charge in [0.05, 0.1) is 23.0 Å². The van der Waals surface area contributed by atoms with Crippen molar-refractivity contribution in [3.8, 4) is 0 Å². The average Bonchev–Trinajstić information content (AvgIpc) is 2.76. The van der Waals surface area contributed by atoms with Crippen LogP contribution < -0.4 is 5.32 Å². The lowest BCUT2D eigenvalue weighted by molar-refractivity contribution is 0.538. The highest BCUT2D eigenvalue weighted by Gasteiger charge is 2.21. The van der Waals surface area contributed by atoms with E-state index in [0.29, 0.717) is 16.0 Å². The average molecular weight is 361 g/mol. The maximum Gasteiger partial charge on any atom is 0.124 e. The second-order valence-electron chi connectivity index (χ2n) is 4.39. The highest BCUT2D eigenvalue weighted by atomic mass is 79.9. The number of hydrogen-bond donors (Lipinski definition) is 1. The quantitative estimate of drug-likeness (QED) is 0.868. The third-order valence-electron chi connectivity index (χ3n) is 3.03. The summed E-state index contributed by atoms with van der Waals surface area (Å²) in [6, 6.07) is 4.65. The topological polar surface area (TPSA) is 29.9 Å². The van der Waals surface area contributed by atoms with Crippen molar-refractivity contribution in [1.29, 1.82) is 0 Å². The number of nitrogens with one attached hydrogen (secondary N) is 1. The molecule has 108 valence electrons. The second kappa shape index (κ2) is 6.70. The molecule has 0 bridgehead atoms. The van der Waals surface area contributed by atoms with Gasteiger partial charge in [-0.25, -0.2) is 4.39 Å². The molecular weight excluding hydrogens is 345 g/mol. The molecule has 6 heteroatoms. The van der Waals surface area contributed by atoms with Gasteiger partial charge < -0.3 is 5.32 Å². The van der Waals surface area contributed by atoms with Gasteiger partial charge in [0, 0.05) is 11.0 Å². The maximum atomic E-state index is 13.6. The Morgan fingerprint density at radius 2 is 2.15 bits per heavy atom. The van der Waals surface area contributed by atoms with Gasteiger partial charge in [0.2, 0.25) is 0 Å². The van der Waals surface area contributed by atoms with Crippen LogP contribution in [0.15, 0.2) is 28.9 Å². The van der Waals surface area contributed by atoms with Crippen LogP contribution in [0.4, 0.5) is 4.39 Å². The zero-order valence-corrected chi connectivity index (χ0v) is 13.7. The molecule has 0 aliphatic heterocycles. The van der Waals surface area contributed by atoms with Crippen LogP contribution in [-0.4, -0.2) is 16.3 Å². The Labute approximate surface area is 131 Å². The fourth-order valence-electron chi connectivity index (χ4n) is 2.23. The third kappa shape index (κ3) is 3.22. The number of aryl methyl sites for hydroxylation is 1. The lowest BCUT2D eigenvalue weighted by Gasteiger charge is -2.20. The van der Waals surface area contributed by atoms with Crippen LogP contribution in [-0.2, 0) is 6.54 Å². The summed E-state index contributed by atoms with van der Waals surface area (Å²) in [5, 5.41) is 8.17. The van der Waals surface area contributed by atoms with Crippen LogP contribution >= 0.6 is 27.5 Å². The van der Waals surface area contributed by atoms with Gasteiger partial charge in [-0.2, -0.15) is 5.10 Å². The molecule has 1 aromatic heterocycles. The van der Waals surface area contributed by atoms with Crippen LogP contribution in [0.1, 0.15) is 31.1 Å². The highest BCUT2D eigenvalue weighted by molar-refractivity contribution is 9.10. The van der Waals surface area contributed by atoms with Crippen molar-refractivity contribution >= 4 is 27.5 Å². The number of benzene rings is 1. The molecule has 0 fully saturated rings. The van der Waals surface area contributed by atoms with E-state index in [0.717, 1.165) is 17.8 Å². The monoisotopic (exact) mass is 359 g/mol. The summed E-state index contributed by atoms with van der Waals surface area (Å²) in [6.07, 6.45) is 1.62. The van der Waals surface area contributed by atoms with Crippen molar-refractivity contribution in [1.82, 2.24) is 15.1 Å². The van der Waals surface area contributed by atoms with Crippen molar-refractivity contribution in [2.75, 3.05) is 6.54 Å². The molecule has 1 N–H and O–H groups in total. The Hall–Kier alpha value is -0.910. The lowest BCUT2D eigenvalue weighted by atomic mass is 10.0. The highest BCUT2D eigenvalue weighted by Crippen LogP contribution is 2.30. The largest absolute Gasteiger partial charge is 0.305 e. The SMILES string of the molecule is CCNC(c1cc(F)cc(Br)c1)c1c(Cl)cnn1CC. The van der Waals surface area contributed by atoms with Crippen LogP contribution in [0, 0.1) is 5.82 Å². The normalized spacial score (nSPS) is 12.7. The van der Waals surface area contributed by atoms with Crippen molar-refractivity contribution < 1.29 is 4.39 Å². The smallest absolute Gasteiger partial charge is 0.124 e.